The number of benzene rings is 4. The monoisotopic (exact) mass is 636 g/mol. The lowest BCUT2D eigenvalue weighted by Crippen LogP contribution is -2.38. The molecule has 1 N–H and O–H groups in total. The molecule has 1 fully saturated rings. The topological polar surface area (TPSA) is 69.3 Å². The van der Waals surface area contributed by atoms with Gasteiger partial charge in [-0.2, -0.15) is 0 Å². The number of methoxy groups -OCH3 is 1. The second-order valence-electron chi connectivity index (χ2n) is 13.4. The van der Waals surface area contributed by atoms with Crippen LogP contribution in [0.3, 0.4) is 0 Å². The molecule has 0 saturated carbocycles. The molecule has 0 spiro atoms. The van der Waals surface area contributed by atoms with Crippen LogP contribution in [0.15, 0.2) is 91.0 Å². The Bertz CT molecular complexity index is 1620. The lowest BCUT2D eigenvalue weighted by molar-refractivity contribution is 0.0291. The van der Waals surface area contributed by atoms with Gasteiger partial charge in [-0.25, -0.2) is 4.79 Å². The van der Waals surface area contributed by atoms with Crippen LogP contribution in [0.25, 0.3) is 11.1 Å². The Morgan fingerprint density at radius 1 is 0.830 bits per heavy atom. The van der Waals surface area contributed by atoms with E-state index in [-0.39, 0.29) is 12.1 Å². The summed E-state index contributed by atoms with van der Waals surface area (Å²) in [4.78, 5) is 14.5. The number of likely N-dealkylation sites (tertiary alicyclic amines) is 1. The second kappa shape index (κ2) is 15.4. The van der Waals surface area contributed by atoms with Crippen molar-refractivity contribution in [2.75, 3.05) is 20.2 Å². The van der Waals surface area contributed by atoms with Gasteiger partial charge < -0.3 is 29.2 Å². The van der Waals surface area contributed by atoms with E-state index in [0.29, 0.717) is 38.8 Å². The van der Waals surface area contributed by atoms with Crippen molar-refractivity contribution in [1.29, 1.82) is 0 Å². The van der Waals surface area contributed by atoms with Crippen LogP contribution in [0.2, 0.25) is 0 Å². The van der Waals surface area contributed by atoms with Crippen molar-refractivity contribution in [3.63, 3.8) is 0 Å². The lowest BCUT2D eigenvalue weighted by Gasteiger charge is -2.24. The van der Waals surface area contributed by atoms with Crippen molar-refractivity contribution in [3.8, 4) is 28.4 Å². The number of rotatable bonds is 12. The summed E-state index contributed by atoms with van der Waals surface area (Å²) in [6.45, 7) is 12.7. The van der Waals surface area contributed by atoms with E-state index >= 15 is 0 Å². The van der Waals surface area contributed by atoms with E-state index in [1.54, 1.807) is 12.0 Å². The van der Waals surface area contributed by atoms with Gasteiger partial charge in [0, 0.05) is 48.4 Å². The summed E-state index contributed by atoms with van der Waals surface area (Å²) >= 11 is 0. The van der Waals surface area contributed by atoms with E-state index in [2.05, 4.69) is 61.6 Å². The van der Waals surface area contributed by atoms with Crippen molar-refractivity contribution in [2.45, 2.75) is 78.4 Å². The van der Waals surface area contributed by atoms with E-state index in [1.165, 1.54) is 5.56 Å². The summed E-state index contributed by atoms with van der Waals surface area (Å²) < 4.78 is 24.6. The maximum Gasteiger partial charge on any atom is 0.410 e. The molecular formula is C40H48N2O5. The summed E-state index contributed by atoms with van der Waals surface area (Å²) in [6, 6.07) is 31.0. The highest BCUT2D eigenvalue weighted by atomic mass is 16.6. The molecule has 7 heteroatoms. The van der Waals surface area contributed by atoms with Crippen molar-refractivity contribution >= 4 is 6.09 Å². The van der Waals surface area contributed by atoms with Gasteiger partial charge in [0.25, 0.3) is 0 Å². The molecule has 7 nitrogen and oxygen atoms in total. The SMILES string of the molecule is COc1ccc(C(C)C)cc1-c1cc(CNC2CCN(C(=O)OC(C)(C)C)C2)c(OCc2ccccc2)cc1OCc1ccccc1. The van der Waals surface area contributed by atoms with Crippen LogP contribution < -0.4 is 19.5 Å². The fourth-order valence-corrected chi connectivity index (χ4v) is 5.65. The molecule has 1 aliphatic rings. The zero-order valence-electron chi connectivity index (χ0n) is 28.5. The molecule has 0 radical (unpaired) electrons. The van der Waals surface area contributed by atoms with Gasteiger partial charge in [0.2, 0.25) is 0 Å². The van der Waals surface area contributed by atoms with E-state index < -0.39 is 5.60 Å². The minimum atomic E-state index is -0.526. The highest BCUT2D eigenvalue weighted by Gasteiger charge is 2.30. The molecule has 1 amide bonds. The summed E-state index contributed by atoms with van der Waals surface area (Å²) in [5.74, 6) is 2.59. The number of nitrogens with one attached hydrogen (secondary N) is 1. The predicted octanol–water partition coefficient (Wildman–Crippen LogP) is 8.74. The first-order valence-electron chi connectivity index (χ1n) is 16.5. The first kappa shape index (κ1) is 33.9. The molecule has 0 aliphatic carbocycles. The molecule has 248 valence electrons. The van der Waals surface area contributed by atoms with Gasteiger partial charge in [-0.3, -0.25) is 0 Å². The summed E-state index contributed by atoms with van der Waals surface area (Å²) in [5.41, 5.74) is 5.75. The van der Waals surface area contributed by atoms with Gasteiger partial charge in [-0.1, -0.05) is 80.6 Å². The van der Waals surface area contributed by atoms with E-state index in [9.17, 15) is 4.79 Å². The number of hydrogen-bond acceptors (Lipinski definition) is 6. The average molecular weight is 637 g/mol. The van der Waals surface area contributed by atoms with Crippen LogP contribution in [-0.4, -0.2) is 42.8 Å². The molecule has 4 aromatic rings. The Kier molecular flexibility index (Phi) is 11.1. The number of ether oxygens (including phenoxy) is 4. The first-order valence-corrected chi connectivity index (χ1v) is 16.5. The number of carbonyl (C=O) groups is 1. The van der Waals surface area contributed by atoms with Gasteiger partial charge in [0.1, 0.15) is 36.1 Å². The van der Waals surface area contributed by atoms with Gasteiger partial charge in [-0.05, 0) is 68.0 Å². The van der Waals surface area contributed by atoms with Crippen molar-refractivity contribution in [3.05, 3.63) is 113 Å². The number of amides is 1. The summed E-state index contributed by atoms with van der Waals surface area (Å²) in [7, 11) is 1.70. The lowest BCUT2D eigenvalue weighted by atomic mass is 9.94. The summed E-state index contributed by atoms with van der Waals surface area (Å²) in [5, 5.41) is 3.70. The van der Waals surface area contributed by atoms with Crippen LogP contribution in [0.1, 0.15) is 69.2 Å². The Morgan fingerprint density at radius 3 is 2.04 bits per heavy atom. The van der Waals surface area contributed by atoms with Crippen LogP contribution in [0, 0.1) is 0 Å². The molecular weight excluding hydrogens is 588 g/mol. The predicted molar refractivity (Wildman–Crippen MR) is 187 cm³/mol. The highest BCUT2D eigenvalue weighted by Crippen LogP contribution is 2.42. The molecule has 1 aliphatic heterocycles. The Hall–Kier alpha value is -4.49. The number of carbonyl (C=O) groups excluding carboxylic acids is 1. The van der Waals surface area contributed by atoms with Gasteiger partial charge >= 0.3 is 6.09 Å². The molecule has 0 aromatic heterocycles. The average Bonchev–Trinajstić information content (AvgIpc) is 3.55. The molecule has 0 bridgehead atoms. The van der Waals surface area contributed by atoms with E-state index in [4.69, 9.17) is 18.9 Å². The Balaban J connectivity index is 1.49. The third kappa shape index (κ3) is 9.29. The third-order valence-electron chi connectivity index (χ3n) is 8.24. The zero-order valence-corrected chi connectivity index (χ0v) is 28.5. The van der Waals surface area contributed by atoms with Crippen LogP contribution >= 0.6 is 0 Å². The van der Waals surface area contributed by atoms with Crippen molar-refractivity contribution in [2.24, 2.45) is 0 Å². The van der Waals surface area contributed by atoms with E-state index in [0.717, 1.165) is 51.5 Å². The maximum atomic E-state index is 12.7. The highest BCUT2D eigenvalue weighted by molar-refractivity contribution is 5.78. The summed E-state index contributed by atoms with van der Waals surface area (Å²) in [6.07, 6.45) is 0.572. The largest absolute Gasteiger partial charge is 0.496 e. The maximum absolute atomic E-state index is 12.7. The number of hydrogen-bond donors (Lipinski definition) is 1. The molecule has 5 rings (SSSR count). The van der Waals surface area contributed by atoms with Crippen LogP contribution in [0.4, 0.5) is 4.79 Å². The third-order valence-corrected chi connectivity index (χ3v) is 8.24. The molecule has 1 saturated heterocycles. The Labute approximate surface area is 279 Å². The molecule has 4 aromatic carbocycles. The first-order chi connectivity index (χ1) is 22.6. The molecule has 1 unspecified atom stereocenters. The van der Waals surface area contributed by atoms with Crippen LogP contribution in [-0.2, 0) is 24.5 Å². The second-order valence-corrected chi connectivity index (χ2v) is 13.4. The van der Waals surface area contributed by atoms with Gasteiger partial charge in [-0.15, -0.1) is 0 Å². The van der Waals surface area contributed by atoms with Gasteiger partial charge in [0.05, 0.1) is 7.11 Å². The van der Waals surface area contributed by atoms with Crippen molar-refractivity contribution < 1.29 is 23.7 Å². The fourth-order valence-electron chi connectivity index (χ4n) is 5.65. The minimum Gasteiger partial charge on any atom is -0.496 e. The smallest absolute Gasteiger partial charge is 0.410 e. The van der Waals surface area contributed by atoms with Crippen molar-refractivity contribution in [1.82, 2.24) is 10.2 Å². The molecule has 1 heterocycles. The number of nitrogens with zero attached hydrogens (tertiary/aromatic N) is 1. The quantitative estimate of drug-likeness (QED) is 0.168. The van der Waals surface area contributed by atoms with Crippen LogP contribution in [0.5, 0.6) is 17.2 Å². The normalized spacial score (nSPS) is 14.7. The minimum absolute atomic E-state index is 0.126. The molecule has 1 atom stereocenters. The van der Waals surface area contributed by atoms with Gasteiger partial charge in [0.15, 0.2) is 0 Å². The standard InChI is InChI=1S/C40H48N2O5/c1-28(2)31-17-18-36(44-6)34(21-31)35-22-32(24-41-33-19-20-42(25-33)39(43)47-40(3,4)5)37(45-26-29-13-9-7-10-14-29)23-38(35)46-27-30-15-11-8-12-16-30/h7-18,21-23,28,33,41H,19-20,24-27H2,1-6H3. The van der Waals surface area contributed by atoms with E-state index in [1.807, 2.05) is 69.3 Å². The fraction of sp³-hybridized carbons (Fsp3) is 0.375. The molecule has 47 heavy (non-hydrogen) atoms. The Morgan fingerprint density at radius 2 is 1.45 bits per heavy atom. The zero-order chi connectivity index (χ0) is 33.4.